The highest BCUT2D eigenvalue weighted by molar-refractivity contribution is 5.88. The second-order valence-corrected chi connectivity index (χ2v) is 7.31. The molecule has 0 fully saturated rings. The van der Waals surface area contributed by atoms with Crippen LogP contribution in [0, 0.1) is 0 Å². The molecule has 1 heteroatoms. The van der Waals surface area contributed by atoms with E-state index in [4.69, 9.17) is 0 Å². The van der Waals surface area contributed by atoms with Gasteiger partial charge < -0.3 is 5.11 Å². The standard InChI is InChI=1S/C22H24O/c1-15(16-9-12-18(13-10-16)22(2,3)4)21-19-8-6-5-7-17(19)11-14-20(21)23/h5-15,23H,1-4H3. The summed E-state index contributed by atoms with van der Waals surface area (Å²) in [5.41, 5.74) is 3.72. The van der Waals surface area contributed by atoms with Crippen molar-refractivity contribution in [2.75, 3.05) is 0 Å². The van der Waals surface area contributed by atoms with Crippen molar-refractivity contribution < 1.29 is 5.11 Å². The Hall–Kier alpha value is -2.28. The van der Waals surface area contributed by atoms with Gasteiger partial charge in [0.25, 0.3) is 0 Å². The van der Waals surface area contributed by atoms with Crippen molar-refractivity contribution in [2.45, 2.75) is 39.0 Å². The molecule has 0 saturated heterocycles. The molecule has 3 rings (SSSR count). The molecule has 0 saturated carbocycles. The van der Waals surface area contributed by atoms with Gasteiger partial charge in [-0.25, -0.2) is 0 Å². The molecule has 1 nitrogen and oxygen atoms in total. The summed E-state index contributed by atoms with van der Waals surface area (Å²) in [6.45, 7) is 8.83. The minimum Gasteiger partial charge on any atom is -0.508 e. The Labute approximate surface area is 138 Å². The van der Waals surface area contributed by atoms with E-state index in [0.29, 0.717) is 5.75 Å². The van der Waals surface area contributed by atoms with Gasteiger partial charge in [-0.15, -0.1) is 0 Å². The van der Waals surface area contributed by atoms with Gasteiger partial charge in [0.05, 0.1) is 0 Å². The number of benzene rings is 3. The van der Waals surface area contributed by atoms with Crippen molar-refractivity contribution in [2.24, 2.45) is 0 Å². The van der Waals surface area contributed by atoms with Crippen LogP contribution in [0.2, 0.25) is 0 Å². The van der Waals surface area contributed by atoms with Crippen molar-refractivity contribution in [3.05, 3.63) is 77.4 Å². The van der Waals surface area contributed by atoms with Gasteiger partial charge in [-0.05, 0) is 33.4 Å². The number of rotatable bonds is 2. The lowest BCUT2D eigenvalue weighted by Crippen LogP contribution is -2.11. The molecule has 0 spiro atoms. The Morgan fingerprint density at radius 2 is 1.48 bits per heavy atom. The maximum absolute atomic E-state index is 10.4. The highest BCUT2D eigenvalue weighted by Gasteiger charge is 2.18. The lowest BCUT2D eigenvalue weighted by atomic mass is 9.84. The molecule has 1 unspecified atom stereocenters. The zero-order valence-electron chi connectivity index (χ0n) is 14.3. The van der Waals surface area contributed by atoms with E-state index in [1.165, 1.54) is 16.5 Å². The number of phenolic OH excluding ortho intramolecular Hbond substituents is 1. The monoisotopic (exact) mass is 304 g/mol. The third kappa shape index (κ3) is 2.96. The summed E-state index contributed by atoms with van der Waals surface area (Å²) < 4.78 is 0. The van der Waals surface area contributed by atoms with Gasteiger partial charge in [-0.2, -0.15) is 0 Å². The Kier molecular flexibility index (Phi) is 3.89. The zero-order valence-corrected chi connectivity index (χ0v) is 14.3. The normalized spacial score (nSPS) is 13.2. The maximum atomic E-state index is 10.4. The van der Waals surface area contributed by atoms with E-state index in [1.807, 2.05) is 18.2 Å². The molecule has 118 valence electrons. The number of fused-ring (bicyclic) bond motifs is 1. The maximum Gasteiger partial charge on any atom is 0.120 e. The number of phenols is 1. The zero-order chi connectivity index (χ0) is 16.6. The minimum absolute atomic E-state index is 0.148. The first kappa shape index (κ1) is 15.6. The molecular weight excluding hydrogens is 280 g/mol. The van der Waals surface area contributed by atoms with Crippen LogP contribution in [0.25, 0.3) is 10.8 Å². The average Bonchev–Trinajstić information content (AvgIpc) is 2.53. The third-order valence-electron chi connectivity index (χ3n) is 4.66. The first-order valence-electron chi connectivity index (χ1n) is 8.19. The van der Waals surface area contributed by atoms with E-state index in [9.17, 15) is 5.11 Å². The molecule has 0 amide bonds. The largest absolute Gasteiger partial charge is 0.508 e. The van der Waals surface area contributed by atoms with E-state index < -0.39 is 0 Å². The molecule has 3 aromatic carbocycles. The summed E-state index contributed by atoms with van der Waals surface area (Å²) in [6.07, 6.45) is 0. The van der Waals surface area contributed by atoms with Crippen LogP contribution in [-0.4, -0.2) is 5.11 Å². The van der Waals surface area contributed by atoms with Crippen LogP contribution in [0.5, 0.6) is 5.75 Å². The van der Waals surface area contributed by atoms with Gasteiger partial charge in [-0.3, -0.25) is 0 Å². The summed E-state index contributed by atoms with van der Waals surface area (Å²) in [5, 5.41) is 12.7. The first-order chi connectivity index (χ1) is 10.9. The van der Waals surface area contributed by atoms with Crippen LogP contribution in [0.1, 0.15) is 50.3 Å². The third-order valence-corrected chi connectivity index (χ3v) is 4.66. The predicted molar refractivity (Wildman–Crippen MR) is 98.3 cm³/mol. The number of aromatic hydroxyl groups is 1. The second kappa shape index (κ2) is 5.73. The first-order valence-corrected chi connectivity index (χ1v) is 8.19. The lowest BCUT2D eigenvalue weighted by Gasteiger charge is -2.21. The smallest absolute Gasteiger partial charge is 0.120 e. The molecule has 0 aliphatic heterocycles. The van der Waals surface area contributed by atoms with Gasteiger partial charge in [0.2, 0.25) is 0 Å². The topological polar surface area (TPSA) is 20.2 Å². The SMILES string of the molecule is CC(c1ccc(C(C)(C)C)cc1)c1c(O)ccc2ccccc12. The van der Waals surface area contributed by atoms with Gasteiger partial charge in [-0.1, -0.05) is 82.3 Å². The molecule has 0 heterocycles. The Balaban J connectivity index is 2.07. The van der Waals surface area contributed by atoms with Gasteiger partial charge in [0, 0.05) is 11.5 Å². The fourth-order valence-electron chi connectivity index (χ4n) is 3.18. The Bertz CT molecular complexity index is 823. The molecule has 3 aromatic rings. The quantitative estimate of drug-likeness (QED) is 0.616. The van der Waals surface area contributed by atoms with Crippen LogP contribution in [-0.2, 0) is 5.41 Å². The fourth-order valence-corrected chi connectivity index (χ4v) is 3.18. The molecule has 0 bridgehead atoms. The van der Waals surface area contributed by atoms with Gasteiger partial charge in [0.1, 0.15) is 5.75 Å². The summed E-state index contributed by atoms with van der Waals surface area (Å²) in [5.74, 6) is 0.520. The van der Waals surface area contributed by atoms with Crippen LogP contribution in [0.4, 0.5) is 0 Å². The summed E-state index contributed by atoms with van der Waals surface area (Å²) in [7, 11) is 0. The summed E-state index contributed by atoms with van der Waals surface area (Å²) in [6, 6.07) is 20.8. The van der Waals surface area contributed by atoms with E-state index >= 15 is 0 Å². The van der Waals surface area contributed by atoms with Gasteiger partial charge >= 0.3 is 0 Å². The van der Waals surface area contributed by atoms with Crippen molar-refractivity contribution in [3.63, 3.8) is 0 Å². The molecule has 0 radical (unpaired) electrons. The highest BCUT2D eigenvalue weighted by atomic mass is 16.3. The molecule has 1 N–H and O–H groups in total. The second-order valence-electron chi connectivity index (χ2n) is 7.31. The Morgan fingerprint density at radius 1 is 0.826 bits per heavy atom. The number of hydrogen-bond donors (Lipinski definition) is 1. The molecule has 23 heavy (non-hydrogen) atoms. The van der Waals surface area contributed by atoms with E-state index in [0.717, 1.165) is 10.9 Å². The molecule has 1 atom stereocenters. The van der Waals surface area contributed by atoms with E-state index in [1.54, 1.807) is 6.07 Å². The van der Waals surface area contributed by atoms with Crippen molar-refractivity contribution in [1.29, 1.82) is 0 Å². The summed E-state index contributed by atoms with van der Waals surface area (Å²) >= 11 is 0. The van der Waals surface area contributed by atoms with Crippen LogP contribution in [0.15, 0.2) is 60.7 Å². The fraction of sp³-hybridized carbons (Fsp3) is 0.273. The molecule has 0 aromatic heterocycles. The summed E-state index contributed by atoms with van der Waals surface area (Å²) in [4.78, 5) is 0. The highest BCUT2D eigenvalue weighted by Crippen LogP contribution is 2.37. The van der Waals surface area contributed by atoms with Gasteiger partial charge in [0.15, 0.2) is 0 Å². The average molecular weight is 304 g/mol. The van der Waals surface area contributed by atoms with Crippen LogP contribution < -0.4 is 0 Å². The van der Waals surface area contributed by atoms with Crippen molar-refractivity contribution in [1.82, 2.24) is 0 Å². The molecular formula is C22H24O. The molecule has 0 aliphatic rings. The number of hydrogen-bond acceptors (Lipinski definition) is 1. The van der Waals surface area contributed by atoms with E-state index in [-0.39, 0.29) is 11.3 Å². The van der Waals surface area contributed by atoms with Crippen LogP contribution in [0.3, 0.4) is 0 Å². The minimum atomic E-state index is 0.148. The lowest BCUT2D eigenvalue weighted by molar-refractivity contribution is 0.467. The molecule has 0 aliphatic carbocycles. The Morgan fingerprint density at radius 3 is 2.13 bits per heavy atom. The van der Waals surface area contributed by atoms with Crippen molar-refractivity contribution in [3.8, 4) is 5.75 Å². The van der Waals surface area contributed by atoms with Crippen LogP contribution >= 0.6 is 0 Å². The predicted octanol–water partition coefficient (Wildman–Crippen LogP) is 5.99. The van der Waals surface area contributed by atoms with E-state index in [2.05, 4.69) is 64.1 Å². The van der Waals surface area contributed by atoms with Crippen molar-refractivity contribution >= 4 is 10.8 Å².